The van der Waals surface area contributed by atoms with Gasteiger partial charge < -0.3 is 0 Å². The first-order valence-electron chi connectivity index (χ1n) is 10.2. The molecule has 0 aliphatic heterocycles. The van der Waals surface area contributed by atoms with Gasteiger partial charge >= 0.3 is 0 Å². The Bertz CT molecular complexity index is 1160. The summed E-state index contributed by atoms with van der Waals surface area (Å²) in [5, 5.41) is 21.0. The lowest BCUT2D eigenvalue weighted by atomic mass is 9.72. The monoisotopic (exact) mass is 446 g/mol. The van der Waals surface area contributed by atoms with E-state index in [0.29, 0.717) is 21.3 Å². The van der Waals surface area contributed by atoms with Crippen LogP contribution in [0.5, 0.6) is 0 Å². The van der Waals surface area contributed by atoms with Gasteiger partial charge in [0.1, 0.15) is 11.0 Å². The molecule has 3 aromatic heterocycles. The minimum Gasteiger partial charge on any atom is -0.299 e. The molecule has 0 aromatic carbocycles. The fraction of sp³-hybridized carbons (Fsp3) is 0.600. The zero-order valence-corrected chi connectivity index (χ0v) is 19.5. The van der Waals surface area contributed by atoms with Crippen LogP contribution in [0.1, 0.15) is 62.5 Å². The highest BCUT2D eigenvalue weighted by Crippen LogP contribution is 2.41. The summed E-state index contributed by atoms with van der Waals surface area (Å²) in [6.45, 7) is 10.4. The lowest BCUT2D eigenvalue weighted by Crippen LogP contribution is -2.34. The summed E-state index contributed by atoms with van der Waals surface area (Å²) in [5.41, 5.74) is 1.07. The van der Waals surface area contributed by atoms with Crippen LogP contribution in [0.15, 0.2) is 4.79 Å². The van der Waals surface area contributed by atoms with Crippen LogP contribution in [-0.4, -0.2) is 31.1 Å². The predicted octanol–water partition coefficient (Wildman–Crippen LogP) is 3.62. The van der Waals surface area contributed by atoms with E-state index in [4.69, 9.17) is 0 Å². The Morgan fingerprint density at radius 3 is 2.70 bits per heavy atom. The van der Waals surface area contributed by atoms with E-state index in [-0.39, 0.29) is 16.9 Å². The van der Waals surface area contributed by atoms with Gasteiger partial charge in [0.2, 0.25) is 5.13 Å². The lowest BCUT2D eigenvalue weighted by Gasteiger charge is -2.33. The molecule has 0 fully saturated rings. The Morgan fingerprint density at radius 1 is 1.27 bits per heavy atom. The van der Waals surface area contributed by atoms with Gasteiger partial charge in [-0.05, 0) is 49.5 Å². The molecule has 2 unspecified atom stereocenters. The van der Waals surface area contributed by atoms with Crippen molar-refractivity contribution in [3.05, 3.63) is 25.8 Å². The number of aromatic nitrogens is 5. The number of thiophene rings is 1. The van der Waals surface area contributed by atoms with Crippen LogP contribution in [0.4, 0.5) is 5.13 Å². The summed E-state index contributed by atoms with van der Waals surface area (Å²) in [5.74, 6) is 0.222. The number of amides is 1. The van der Waals surface area contributed by atoms with Gasteiger partial charge in [0.25, 0.3) is 11.5 Å². The second-order valence-corrected chi connectivity index (χ2v) is 11.0. The molecule has 4 rings (SSSR count). The van der Waals surface area contributed by atoms with Crippen molar-refractivity contribution in [3.63, 3.8) is 0 Å². The largest absolute Gasteiger partial charge is 0.299 e. The smallest absolute Gasteiger partial charge is 0.279 e. The van der Waals surface area contributed by atoms with Crippen molar-refractivity contribution in [1.29, 1.82) is 0 Å². The van der Waals surface area contributed by atoms with E-state index in [1.165, 1.54) is 20.9 Å². The van der Waals surface area contributed by atoms with Crippen LogP contribution in [0.2, 0.25) is 0 Å². The molecule has 0 spiro atoms. The molecule has 3 aromatic rings. The molecule has 0 bridgehead atoms. The Hall–Kier alpha value is -2.20. The second-order valence-electron chi connectivity index (χ2n) is 8.85. The third-order valence-corrected chi connectivity index (χ3v) is 7.99. The van der Waals surface area contributed by atoms with Crippen LogP contribution in [0, 0.1) is 11.3 Å². The molecule has 10 heteroatoms. The van der Waals surface area contributed by atoms with Crippen molar-refractivity contribution < 1.29 is 4.79 Å². The number of nitrogens with one attached hydrogen (secondary N) is 1. The number of rotatable bonds is 4. The third kappa shape index (κ3) is 3.78. The van der Waals surface area contributed by atoms with E-state index in [1.807, 2.05) is 6.92 Å². The van der Waals surface area contributed by atoms with Crippen molar-refractivity contribution in [2.45, 2.75) is 66.3 Å². The predicted molar refractivity (Wildman–Crippen MR) is 119 cm³/mol. The Labute approximate surface area is 182 Å². The van der Waals surface area contributed by atoms with Gasteiger partial charge in [-0.1, -0.05) is 44.2 Å². The van der Waals surface area contributed by atoms with Gasteiger partial charge in [-0.15, -0.1) is 26.6 Å². The normalized spacial score (nSPS) is 17.7. The van der Waals surface area contributed by atoms with Gasteiger partial charge in [-0.25, -0.2) is 0 Å². The lowest BCUT2D eigenvalue weighted by molar-refractivity contribution is -0.119. The number of hydrogen-bond donors (Lipinski definition) is 1. The standard InChI is InChI=1S/C20H26N6O2S2/c1-6-14-22-24-19(30-14)21-16(27)10(2)26-18(28)15-12-8-7-11(20(3,4)5)9-13(12)29-17(15)23-25-26/h10-11H,6-9H2,1-5H3,(H,21,24,27). The molecule has 1 aliphatic rings. The maximum atomic E-state index is 13.3. The first-order valence-corrected chi connectivity index (χ1v) is 11.8. The van der Waals surface area contributed by atoms with Gasteiger partial charge in [0, 0.05) is 4.88 Å². The van der Waals surface area contributed by atoms with Gasteiger partial charge in [-0.3, -0.25) is 14.9 Å². The molecule has 0 saturated carbocycles. The molecule has 160 valence electrons. The summed E-state index contributed by atoms with van der Waals surface area (Å²) in [4.78, 5) is 27.8. The van der Waals surface area contributed by atoms with Crippen molar-refractivity contribution in [2.75, 3.05) is 5.32 Å². The highest BCUT2D eigenvalue weighted by Gasteiger charge is 2.32. The molecular formula is C20H26N6O2S2. The molecule has 3 heterocycles. The van der Waals surface area contributed by atoms with E-state index in [0.717, 1.165) is 36.3 Å². The van der Waals surface area contributed by atoms with Gasteiger partial charge in [0.05, 0.1) is 5.39 Å². The van der Waals surface area contributed by atoms with E-state index < -0.39 is 6.04 Å². The number of aryl methyl sites for hydroxylation is 2. The van der Waals surface area contributed by atoms with E-state index in [9.17, 15) is 9.59 Å². The first kappa shape index (κ1) is 21.0. The molecule has 1 amide bonds. The van der Waals surface area contributed by atoms with Crippen molar-refractivity contribution >= 4 is 43.9 Å². The molecular weight excluding hydrogens is 420 g/mol. The maximum absolute atomic E-state index is 13.3. The summed E-state index contributed by atoms with van der Waals surface area (Å²) >= 11 is 2.89. The number of nitrogens with zero attached hydrogens (tertiary/aromatic N) is 5. The topological polar surface area (TPSA) is 103 Å². The quantitative estimate of drug-likeness (QED) is 0.657. The number of carbonyl (C=O) groups is 1. The molecule has 1 N–H and O–H groups in total. The van der Waals surface area contributed by atoms with Crippen LogP contribution < -0.4 is 10.9 Å². The fourth-order valence-corrected chi connectivity index (χ4v) is 5.78. The van der Waals surface area contributed by atoms with Gasteiger partial charge in [0.15, 0.2) is 4.83 Å². The average Bonchev–Trinajstić information content (AvgIpc) is 3.30. The SMILES string of the molecule is CCc1nnc(NC(=O)C(C)n2nnc3sc4c(c3c2=O)CCC(C(C)(C)C)C4)s1. The van der Waals surface area contributed by atoms with Crippen molar-refractivity contribution in [3.8, 4) is 0 Å². The average molecular weight is 447 g/mol. The summed E-state index contributed by atoms with van der Waals surface area (Å²) < 4.78 is 1.18. The van der Waals surface area contributed by atoms with E-state index in [1.54, 1.807) is 18.3 Å². The van der Waals surface area contributed by atoms with E-state index in [2.05, 4.69) is 46.6 Å². The minimum absolute atomic E-state index is 0.231. The molecule has 1 aliphatic carbocycles. The number of fused-ring (bicyclic) bond motifs is 3. The summed E-state index contributed by atoms with van der Waals surface area (Å²) in [6, 6.07) is -0.801. The van der Waals surface area contributed by atoms with Crippen LogP contribution >= 0.6 is 22.7 Å². The molecule has 8 nitrogen and oxygen atoms in total. The van der Waals surface area contributed by atoms with Crippen molar-refractivity contribution in [1.82, 2.24) is 25.2 Å². The third-order valence-electron chi connectivity index (χ3n) is 5.87. The second kappa shape index (κ2) is 7.81. The maximum Gasteiger partial charge on any atom is 0.279 e. The van der Waals surface area contributed by atoms with Crippen LogP contribution in [0.25, 0.3) is 10.2 Å². The highest BCUT2D eigenvalue weighted by atomic mass is 32.1. The summed E-state index contributed by atoms with van der Waals surface area (Å²) in [7, 11) is 0. The van der Waals surface area contributed by atoms with Crippen molar-refractivity contribution in [2.24, 2.45) is 11.3 Å². The zero-order chi connectivity index (χ0) is 21.6. The van der Waals surface area contributed by atoms with E-state index >= 15 is 0 Å². The highest BCUT2D eigenvalue weighted by molar-refractivity contribution is 7.18. The van der Waals surface area contributed by atoms with Crippen LogP contribution in [-0.2, 0) is 24.1 Å². The number of anilines is 1. The number of hydrogen-bond acceptors (Lipinski definition) is 8. The molecule has 0 radical (unpaired) electrons. The van der Waals surface area contributed by atoms with Gasteiger partial charge in [-0.2, -0.15) is 4.68 Å². The molecule has 0 saturated heterocycles. The first-order chi connectivity index (χ1) is 14.2. The zero-order valence-electron chi connectivity index (χ0n) is 17.9. The molecule has 2 atom stereocenters. The Balaban J connectivity index is 1.63. The fourth-order valence-electron chi connectivity index (χ4n) is 3.87. The number of carbonyl (C=O) groups excluding carboxylic acids is 1. The Kier molecular flexibility index (Phi) is 5.48. The Morgan fingerprint density at radius 2 is 2.03 bits per heavy atom. The summed E-state index contributed by atoms with van der Waals surface area (Å²) in [6.07, 6.45) is 3.64. The van der Waals surface area contributed by atoms with Crippen LogP contribution in [0.3, 0.4) is 0 Å². The molecule has 30 heavy (non-hydrogen) atoms. The minimum atomic E-state index is -0.801.